The molecule has 0 N–H and O–H groups in total. The maximum Gasteiger partial charge on any atom is 0.222 e. The molecule has 0 unspecified atom stereocenters. The maximum atomic E-state index is 12.2. The Morgan fingerprint density at radius 3 is 2.14 bits per heavy atom. The Morgan fingerprint density at radius 2 is 1.52 bits per heavy atom. The minimum Gasteiger partial charge on any atom is -0.341 e. The number of carbonyl (C=O) groups is 1. The molecule has 1 amide bonds. The van der Waals surface area contributed by atoms with Crippen molar-refractivity contribution in [3.8, 4) is 0 Å². The van der Waals surface area contributed by atoms with Crippen molar-refractivity contribution in [2.24, 2.45) is 0 Å². The maximum absolute atomic E-state index is 12.2. The number of nitrogens with zero attached hydrogens (tertiary/aromatic N) is 1. The van der Waals surface area contributed by atoms with Crippen LogP contribution in [-0.2, 0) is 24.2 Å². The smallest absolute Gasteiger partial charge is 0.222 e. The Bertz CT molecular complexity index is 560. The minimum atomic E-state index is 0.193. The Kier molecular flexibility index (Phi) is 5.56. The molecule has 0 aliphatic rings. The molecular formula is C19H23NO. The molecule has 0 radical (unpaired) electrons. The fourth-order valence-electron chi connectivity index (χ4n) is 2.33. The van der Waals surface area contributed by atoms with E-state index in [4.69, 9.17) is 0 Å². The zero-order chi connectivity index (χ0) is 15.1. The highest BCUT2D eigenvalue weighted by molar-refractivity contribution is 5.76. The van der Waals surface area contributed by atoms with Crippen LogP contribution in [0.25, 0.3) is 0 Å². The summed E-state index contributed by atoms with van der Waals surface area (Å²) < 4.78 is 0. The lowest BCUT2D eigenvalue weighted by Gasteiger charge is -2.17. The Balaban J connectivity index is 1.83. The quantitative estimate of drug-likeness (QED) is 0.788. The average molecular weight is 281 g/mol. The molecule has 0 bridgehead atoms. The van der Waals surface area contributed by atoms with Crippen LogP contribution in [0.1, 0.15) is 30.0 Å². The molecule has 2 nitrogen and oxygen atoms in total. The van der Waals surface area contributed by atoms with E-state index < -0.39 is 0 Å². The largest absolute Gasteiger partial charge is 0.341 e. The normalized spacial score (nSPS) is 10.4. The monoisotopic (exact) mass is 281 g/mol. The van der Waals surface area contributed by atoms with Crippen molar-refractivity contribution in [2.75, 3.05) is 7.05 Å². The van der Waals surface area contributed by atoms with Gasteiger partial charge in [-0.3, -0.25) is 4.79 Å². The van der Waals surface area contributed by atoms with E-state index in [-0.39, 0.29) is 5.91 Å². The molecular weight excluding hydrogens is 258 g/mol. The summed E-state index contributed by atoms with van der Waals surface area (Å²) in [6, 6.07) is 18.6. The third-order valence-electron chi connectivity index (χ3n) is 3.75. The van der Waals surface area contributed by atoms with Crippen LogP contribution in [0.3, 0.4) is 0 Å². The third-order valence-corrected chi connectivity index (χ3v) is 3.75. The molecule has 0 aromatic heterocycles. The van der Waals surface area contributed by atoms with Gasteiger partial charge in [-0.2, -0.15) is 0 Å². The second kappa shape index (κ2) is 7.63. The van der Waals surface area contributed by atoms with Crippen LogP contribution < -0.4 is 0 Å². The van der Waals surface area contributed by atoms with Crippen molar-refractivity contribution in [1.82, 2.24) is 4.90 Å². The third kappa shape index (κ3) is 4.75. The summed E-state index contributed by atoms with van der Waals surface area (Å²) in [6.07, 6.45) is 2.43. The molecule has 0 saturated heterocycles. The van der Waals surface area contributed by atoms with E-state index in [0.717, 1.165) is 12.8 Å². The molecule has 2 aromatic rings. The van der Waals surface area contributed by atoms with E-state index in [0.29, 0.717) is 13.0 Å². The van der Waals surface area contributed by atoms with Gasteiger partial charge >= 0.3 is 0 Å². The van der Waals surface area contributed by atoms with Gasteiger partial charge in [-0.1, -0.05) is 61.5 Å². The first-order valence-electron chi connectivity index (χ1n) is 7.54. The number of hydrogen-bond acceptors (Lipinski definition) is 1. The summed E-state index contributed by atoms with van der Waals surface area (Å²) in [5.74, 6) is 0.193. The summed E-state index contributed by atoms with van der Waals surface area (Å²) in [7, 11) is 1.87. The Hall–Kier alpha value is -2.09. The fraction of sp³-hybridized carbons (Fsp3) is 0.316. The van der Waals surface area contributed by atoms with E-state index in [1.54, 1.807) is 4.90 Å². The van der Waals surface area contributed by atoms with Gasteiger partial charge in [0.25, 0.3) is 0 Å². The van der Waals surface area contributed by atoms with Crippen molar-refractivity contribution in [2.45, 2.75) is 32.7 Å². The van der Waals surface area contributed by atoms with Crippen LogP contribution >= 0.6 is 0 Å². The molecule has 0 atom stereocenters. The van der Waals surface area contributed by atoms with Gasteiger partial charge in [0.15, 0.2) is 0 Å². The van der Waals surface area contributed by atoms with Crippen molar-refractivity contribution < 1.29 is 4.79 Å². The van der Waals surface area contributed by atoms with E-state index in [9.17, 15) is 4.79 Å². The first-order chi connectivity index (χ1) is 10.2. The van der Waals surface area contributed by atoms with Crippen molar-refractivity contribution in [1.29, 1.82) is 0 Å². The molecule has 0 aliphatic carbocycles. The minimum absolute atomic E-state index is 0.193. The van der Waals surface area contributed by atoms with Gasteiger partial charge in [-0.25, -0.2) is 0 Å². The van der Waals surface area contributed by atoms with E-state index in [1.165, 1.54) is 16.7 Å². The van der Waals surface area contributed by atoms with Gasteiger partial charge < -0.3 is 4.90 Å². The number of rotatable bonds is 6. The summed E-state index contributed by atoms with van der Waals surface area (Å²) in [4.78, 5) is 14.0. The van der Waals surface area contributed by atoms with Gasteiger partial charge in [0.1, 0.15) is 0 Å². The molecule has 2 aromatic carbocycles. The first-order valence-corrected chi connectivity index (χ1v) is 7.54. The number of hydrogen-bond donors (Lipinski definition) is 0. The molecule has 2 heteroatoms. The summed E-state index contributed by atoms with van der Waals surface area (Å²) in [6.45, 7) is 2.82. The predicted molar refractivity (Wildman–Crippen MR) is 87.1 cm³/mol. The average Bonchev–Trinajstić information content (AvgIpc) is 2.54. The molecule has 110 valence electrons. The lowest BCUT2D eigenvalue weighted by atomic mass is 10.1. The molecule has 0 saturated carbocycles. The van der Waals surface area contributed by atoms with Crippen LogP contribution in [0.15, 0.2) is 54.6 Å². The second-order valence-corrected chi connectivity index (χ2v) is 5.41. The zero-order valence-electron chi connectivity index (χ0n) is 12.9. The van der Waals surface area contributed by atoms with Crippen LogP contribution in [0.4, 0.5) is 0 Å². The molecule has 0 fully saturated rings. The van der Waals surface area contributed by atoms with Gasteiger partial charge in [0.2, 0.25) is 5.91 Å². The highest BCUT2D eigenvalue weighted by Gasteiger charge is 2.09. The number of aryl methyl sites for hydroxylation is 2. The van der Waals surface area contributed by atoms with Crippen molar-refractivity contribution >= 4 is 5.91 Å². The Morgan fingerprint density at radius 1 is 0.905 bits per heavy atom. The highest BCUT2D eigenvalue weighted by Crippen LogP contribution is 2.09. The topological polar surface area (TPSA) is 20.3 Å². The molecule has 21 heavy (non-hydrogen) atoms. The SMILES string of the molecule is CCc1ccc(CCC(=O)N(C)Cc2ccccc2)cc1. The molecule has 2 rings (SSSR count). The van der Waals surface area contributed by atoms with E-state index in [2.05, 4.69) is 31.2 Å². The van der Waals surface area contributed by atoms with Crippen LogP contribution in [0, 0.1) is 0 Å². The first kappa shape index (κ1) is 15.3. The van der Waals surface area contributed by atoms with E-state index >= 15 is 0 Å². The summed E-state index contributed by atoms with van der Waals surface area (Å²) >= 11 is 0. The van der Waals surface area contributed by atoms with Gasteiger partial charge in [0, 0.05) is 20.0 Å². The lowest BCUT2D eigenvalue weighted by Crippen LogP contribution is -2.26. The van der Waals surface area contributed by atoms with Crippen LogP contribution in [0.5, 0.6) is 0 Å². The number of benzene rings is 2. The number of carbonyl (C=O) groups excluding carboxylic acids is 1. The van der Waals surface area contributed by atoms with E-state index in [1.807, 2.05) is 37.4 Å². The predicted octanol–water partition coefficient (Wildman–Crippen LogP) is 3.84. The fourth-order valence-corrected chi connectivity index (χ4v) is 2.33. The zero-order valence-corrected chi connectivity index (χ0v) is 12.9. The highest BCUT2D eigenvalue weighted by atomic mass is 16.2. The van der Waals surface area contributed by atoms with Crippen LogP contribution in [0.2, 0.25) is 0 Å². The van der Waals surface area contributed by atoms with Crippen molar-refractivity contribution in [3.05, 3.63) is 71.3 Å². The standard InChI is InChI=1S/C19H23NO/c1-3-16-9-11-17(12-10-16)13-14-19(21)20(2)15-18-7-5-4-6-8-18/h4-12H,3,13-15H2,1-2H3. The van der Waals surface area contributed by atoms with Gasteiger partial charge in [0.05, 0.1) is 0 Å². The van der Waals surface area contributed by atoms with Gasteiger partial charge in [-0.05, 0) is 29.5 Å². The van der Waals surface area contributed by atoms with Crippen LogP contribution in [-0.4, -0.2) is 17.9 Å². The summed E-state index contributed by atoms with van der Waals surface area (Å²) in [5.41, 5.74) is 3.74. The molecule has 0 heterocycles. The lowest BCUT2D eigenvalue weighted by molar-refractivity contribution is -0.130. The molecule has 0 spiro atoms. The molecule has 0 aliphatic heterocycles. The Labute approximate surface area is 127 Å². The van der Waals surface area contributed by atoms with Gasteiger partial charge in [-0.15, -0.1) is 0 Å². The second-order valence-electron chi connectivity index (χ2n) is 5.41. The summed E-state index contributed by atoms with van der Waals surface area (Å²) in [5, 5.41) is 0. The number of amides is 1. The van der Waals surface area contributed by atoms with Crippen molar-refractivity contribution in [3.63, 3.8) is 0 Å².